The third-order valence-corrected chi connectivity index (χ3v) is 10.2. The summed E-state index contributed by atoms with van der Waals surface area (Å²) < 4.78 is 35.8. The molecular weight excluding hydrogens is 463 g/mol. The molecule has 0 unspecified atom stereocenters. The van der Waals surface area contributed by atoms with E-state index in [2.05, 4.69) is 61.4 Å². The fraction of sp³-hybridized carbons (Fsp3) is 0.450. The predicted octanol–water partition coefficient (Wildman–Crippen LogP) is 6.89. The zero-order valence-electron chi connectivity index (χ0n) is 16.4. The Morgan fingerprint density at radius 3 is 2.04 bits per heavy atom. The standard InChI is InChI=1S/C20H26F2INOSi/c1-19(2,3)26(6,7)25-20(4,5)15-12-16(23)24-18(17(15)22)13-8-10-14(21)11-9-13/h8-12H,1-7H3. The molecule has 1 aromatic carbocycles. The molecule has 0 saturated heterocycles. The van der Waals surface area contributed by atoms with Crippen molar-refractivity contribution in [3.05, 3.63) is 51.2 Å². The third kappa shape index (κ3) is 4.51. The molecule has 1 aromatic heterocycles. The third-order valence-electron chi connectivity index (χ3n) is 5.01. The van der Waals surface area contributed by atoms with Crippen molar-refractivity contribution in [2.75, 3.05) is 0 Å². The van der Waals surface area contributed by atoms with Crippen LogP contribution in [0.2, 0.25) is 18.1 Å². The highest BCUT2D eigenvalue weighted by atomic mass is 127. The molecule has 0 bridgehead atoms. The molecule has 0 atom stereocenters. The van der Waals surface area contributed by atoms with Gasteiger partial charge in [-0.05, 0) is 84.9 Å². The molecule has 0 spiro atoms. The smallest absolute Gasteiger partial charge is 0.193 e. The molecule has 0 saturated carbocycles. The number of benzene rings is 1. The summed E-state index contributed by atoms with van der Waals surface area (Å²) in [6.45, 7) is 14.6. The topological polar surface area (TPSA) is 22.1 Å². The van der Waals surface area contributed by atoms with Crippen LogP contribution in [0.1, 0.15) is 40.2 Å². The van der Waals surface area contributed by atoms with Gasteiger partial charge in [-0.15, -0.1) is 0 Å². The van der Waals surface area contributed by atoms with E-state index in [1.54, 1.807) is 18.2 Å². The van der Waals surface area contributed by atoms with Crippen molar-refractivity contribution in [3.8, 4) is 11.3 Å². The molecule has 2 nitrogen and oxygen atoms in total. The van der Waals surface area contributed by atoms with Crippen LogP contribution in [-0.4, -0.2) is 13.3 Å². The van der Waals surface area contributed by atoms with Crippen LogP contribution in [0.5, 0.6) is 0 Å². The molecular formula is C20H26F2INOSi. The van der Waals surface area contributed by atoms with Gasteiger partial charge < -0.3 is 4.43 Å². The van der Waals surface area contributed by atoms with E-state index in [0.29, 0.717) is 14.8 Å². The van der Waals surface area contributed by atoms with E-state index in [1.165, 1.54) is 12.1 Å². The van der Waals surface area contributed by atoms with Crippen molar-refractivity contribution in [3.63, 3.8) is 0 Å². The summed E-state index contributed by atoms with van der Waals surface area (Å²) in [7, 11) is -2.11. The minimum Gasteiger partial charge on any atom is -0.408 e. The lowest BCUT2D eigenvalue weighted by atomic mass is 9.96. The SMILES string of the molecule is CC(C)(O[Si](C)(C)C(C)(C)C)c1cc(I)nc(-c2ccc(F)cc2)c1F. The van der Waals surface area contributed by atoms with Gasteiger partial charge in [-0.25, -0.2) is 13.8 Å². The first-order valence-corrected chi connectivity index (χ1v) is 12.6. The molecule has 0 aliphatic rings. The Bertz CT molecular complexity index is 799. The minimum absolute atomic E-state index is 0.0146. The number of hydrogen-bond acceptors (Lipinski definition) is 2. The van der Waals surface area contributed by atoms with Crippen molar-refractivity contribution >= 4 is 30.9 Å². The lowest BCUT2D eigenvalue weighted by molar-refractivity contribution is 0.0860. The van der Waals surface area contributed by atoms with Crippen LogP contribution in [-0.2, 0) is 10.0 Å². The zero-order chi connectivity index (χ0) is 19.9. The van der Waals surface area contributed by atoms with E-state index in [1.807, 2.05) is 13.8 Å². The van der Waals surface area contributed by atoms with E-state index >= 15 is 4.39 Å². The van der Waals surface area contributed by atoms with Crippen LogP contribution >= 0.6 is 22.6 Å². The Morgan fingerprint density at radius 2 is 1.54 bits per heavy atom. The van der Waals surface area contributed by atoms with E-state index < -0.39 is 19.7 Å². The molecule has 142 valence electrons. The van der Waals surface area contributed by atoms with Crippen LogP contribution in [0.4, 0.5) is 8.78 Å². The highest BCUT2D eigenvalue weighted by Crippen LogP contribution is 2.43. The number of hydrogen-bond donors (Lipinski definition) is 0. The maximum atomic E-state index is 15.4. The Labute approximate surface area is 169 Å². The molecule has 1 heterocycles. The molecule has 0 amide bonds. The van der Waals surface area contributed by atoms with Gasteiger partial charge in [0, 0.05) is 11.1 Å². The van der Waals surface area contributed by atoms with Crippen LogP contribution in [0.15, 0.2) is 30.3 Å². The van der Waals surface area contributed by atoms with Gasteiger partial charge in [0.15, 0.2) is 14.1 Å². The Kier molecular flexibility index (Phi) is 6.00. The van der Waals surface area contributed by atoms with Crippen molar-refractivity contribution in [2.24, 2.45) is 0 Å². The van der Waals surface area contributed by atoms with Gasteiger partial charge >= 0.3 is 0 Å². The summed E-state index contributed by atoms with van der Waals surface area (Å²) in [4.78, 5) is 4.34. The second-order valence-electron chi connectivity index (χ2n) is 8.53. The predicted molar refractivity (Wildman–Crippen MR) is 114 cm³/mol. The highest BCUT2D eigenvalue weighted by Gasteiger charge is 2.43. The van der Waals surface area contributed by atoms with E-state index in [0.717, 1.165) is 0 Å². The van der Waals surface area contributed by atoms with Crippen LogP contribution in [0.25, 0.3) is 11.3 Å². The molecule has 0 aliphatic carbocycles. The van der Waals surface area contributed by atoms with Gasteiger partial charge in [0.1, 0.15) is 15.2 Å². The van der Waals surface area contributed by atoms with Crippen LogP contribution in [0.3, 0.4) is 0 Å². The summed E-state index contributed by atoms with van der Waals surface area (Å²) in [5.74, 6) is -0.776. The van der Waals surface area contributed by atoms with E-state index in [-0.39, 0.29) is 16.5 Å². The number of aromatic nitrogens is 1. The number of nitrogens with zero attached hydrogens (tertiary/aromatic N) is 1. The van der Waals surface area contributed by atoms with Crippen molar-refractivity contribution < 1.29 is 13.2 Å². The monoisotopic (exact) mass is 489 g/mol. The molecule has 6 heteroatoms. The summed E-state index contributed by atoms with van der Waals surface area (Å²) in [5.41, 5.74) is 0.441. The summed E-state index contributed by atoms with van der Waals surface area (Å²) >= 11 is 2.08. The largest absolute Gasteiger partial charge is 0.408 e. The normalized spacial score (nSPS) is 13.2. The Hall–Kier alpha value is -0.863. The quantitative estimate of drug-likeness (QED) is 0.265. The first-order valence-electron chi connectivity index (χ1n) is 8.57. The lowest BCUT2D eigenvalue weighted by Crippen LogP contribution is -2.46. The summed E-state index contributed by atoms with van der Waals surface area (Å²) in [6, 6.07) is 7.45. The molecule has 2 aromatic rings. The van der Waals surface area contributed by atoms with Crippen LogP contribution in [0, 0.1) is 15.3 Å². The van der Waals surface area contributed by atoms with Gasteiger partial charge in [0.25, 0.3) is 0 Å². The maximum absolute atomic E-state index is 15.4. The van der Waals surface area contributed by atoms with Crippen molar-refractivity contribution in [2.45, 2.75) is 58.4 Å². The Balaban J connectivity index is 2.54. The fourth-order valence-corrected chi connectivity index (χ4v) is 4.83. The number of pyridine rings is 1. The number of halogens is 3. The maximum Gasteiger partial charge on any atom is 0.193 e. The van der Waals surface area contributed by atoms with Gasteiger partial charge in [-0.3, -0.25) is 0 Å². The fourth-order valence-electron chi connectivity index (χ4n) is 2.58. The highest BCUT2D eigenvalue weighted by molar-refractivity contribution is 14.1. The molecule has 26 heavy (non-hydrogen) atoms. The first-order chi connectivity index (χ1) is 11.7. The number of rotatable bonds is 4. The molecule has 2 rings (SSSR count). The average molecular weight is 489 g/mol. The van der Waals surface area contributed by atoms with E-state index in [9.17, 15) is 4.39 Å². The lowest BCUT2D eigenvalue weighted by Gasteiger charge is -2.43. The second-order valence-corrected chi connectivity index (χ2v) is 14.4. The van der Waals surface area contributed by atoms with Gasteiger partial charge in [0.05, 0.1) is 5.60 Å². The van der Waals surface area contributed by atoms with Crippen molar-refractivity contribution in [1.82, 2.24) is 4.98 Å². The zero-order valence-corrected chi connectivity index (χ0v) is 19.5. The minimum atomic E-state index is -2.11. The summed E-state index contributed by atoms with van der Waals surface area (Å²) in [6.07, 6.45) is 0. The Morgan fingerprint density at radius 1 is 1.00 bits per heavy atom. The van der Waals surface area contributed by atoms with Crippen molar-refractivity contribution in [1.29, 1.82) is 0 Å². The van der Waals surface area contributed by atoms with E-state index in [4.69, 9.17) is 4.43 Å². The molecule has 0 aliphatic heterocycles. The second kappa shape index (κ2) is 7.28. The van der Waals surface area contributed by atoms with Crippen LogP contribution < -0.4 is 0 Å². The summed E-state index contributed by atoms with van der Waals surface area (Å²) in [5, 5.41) is 0.0146. The molecule has 0 fully saturated rings. The molecule has 0 radical (unpaired) electrons. The van der Waals surface area contributed by atoms with Gasteiger partial charge in [0.2, 0.25) is 0 Å². The van der Waals surface area contributed by atoms with Gasteiger partial charge in [-0.2, -0.15) is 0 Å². The van der Waals surface area contributed by atoms with Gasteiger partial charge in [-0.1, -0.05) is 20.8 Å². The first kappa shape index (κ1) is 21.4. The average Bonchev–Trinajstić information content (AvgIpc) is 2.48. The molecule has 0 N–H and O–H groups in total.